The van der Waals surface area contributed by atoms with Crippen molar-refractivity contribution in [1.82, 2.24) is 9.78 Å². The van der Waals surface area contributed by atoms with E-state index in [0.717, 1.165) is 5.56 Å². The van der Waals surface area contributed by atoms with Gasteiger partial charge < -0.3 is 0 Å². The summed E-state index contributed by atoms with van der Waals surface area (Å²) >= 11 is 8.86. The molecule has 78 valence electrons. The summed E-state index contributed by atoms with van der Waals surface area (Å²) in [6.07, 6.45) is 3.29. The molecule has 0 saturated heterocycles. The van der Waals surface area contributed by atoms with Gasteiger partial charge in [-0.3, -0.25) is 4.68 Å². The Labute approximate surface area is 99.8 Å². The third-order valence-electron chi connectivity index (χ3n) is 1.93. The summed E-state index contributed by atoms with van der Waals surface area (Å²) in [6, 6.07) is 4.87. The summed E-state index contributed by atoms with van der Waals surface area (Å²) in [5, 5.41) is 4.63. The van der Waals surface area contributed by atoms with Crippen molar-refractivity contribution in [2.45, 2.75) is 6.54 Å². The maximum Gasteiger partial charge on any atom is 0.137 e. The molecule has 0 fully saturated rings. The van der Waals surface area contributed by atoms with Crippen LogP contribution in [0.25, 0.3) is 0 Å². The molecule has 0 N–H and O–H groups in total. The van der Waals surface area contributed by atoms with Gasteiger partial charge in [-0.25, -0.2) is 4.39 Å². The first-order valence-corrected chi connectivity index (χ1v) is 5.44. The number of hydrogen-bond donors (Lipinski definition) is 0. The van der Waals surface area contributed by atoms with Crippen LogP contribution in [-0.4, -0.2) is 9.78 Å². The van der Waals surface area contributed by atoms with Crippen LogP contribution in [0.5, 0.6) is 0 Å². The van der Waals surface area contributed by atoms with E-state index < -0.39 is 0 Å². The van der Waals surface area contributed by atoms with Gasteiger partial charge in [-0.05, 0) is 33.6 Å². The van der Waals surface area contributed by atoms with E-state index in [4.69, 9.17) is 11.6 Å². The lowest BCUT2D eigenvalue weighted by molar-refractivity contribution is 0.617. The summed E-state index contributed by atoms with van der Waals surface area (Å²) in [6.45, 7) is 0.575. The minimum absolute atomic E-state index is 0.266. The van der Waals surface area contributed by atoms with Gasteiger partial charge in [0.25, 0.3) is 0 Å². The minimum Gasteiger partial charge on any atom is -0.267 e. The Morgan fingerprint density at radius 1 is 1.47 bits per heavy atom. The predicted molar refractivity (Wildman–Crippen MR) is 60.4 cm³/mol. The second-order valence-corrected chi connectivity index (χ2v) is 4.40. The highest BCUT2D eigenvalue weighted by molar-refractivity contribution is 9.10. The average Bonchev–Trinajstić information content (AvgIpc) is 2.58. The first-order valence-electron chi connectivity index (χ1n) is 4.27. The van der Waals surface area contributed by atoms with Gasteiger partial charge in [0.05, 0.1) is 22.2 Å². The summed E-state index contributed by atoms with van der Waals surface area (Å²) in [5.74, 6) is -0.266. The highest BCUT2D eigenvalue weighted by Gasteiger charge is 2.02. The molecule has 0 aliphatic carbocycles. The first-order chi connectivity index (χ1) is 7.15. The third-order valence-corrected chi connectivity index (χ3v) is 2.73. The molecule has 2 aromatic rings. The predicted octanol–water partition coefficient (Wildman–Crippen LogP) is 3.49. The molecule has 0 unspecified atom stereocenters. The Kier molecular flexibility index (Phi) is 3.07. The summed E-state index contributed by atoms with van der Waals surface area (Å²) in [5.41, 5.74) is 0.961. The van der Waals surface area contributed by atoms with Crippen LogP contribution in [-0.2, 0) is 6.54 Å². The summed E-state index contributed by atoms with van der Waals surface area (Å²) in [4.78, 5) is 0. The molecule has 0 aliphatic rings. The van der Waals surface area contributed by atoms with Crippen molar-refractivity contribution < 1.29 is 4.39 Å². The van der Waals surface area contributed by atoms with Gasteiger partial charge >= 0.3 is 0 Å². The zero-order valence-electron chi connectivity index (χ0n) is 7.62. The van der Waals surface area contributed by atoms with Crippen molar-refractivity contribution in [2.24, 2.45) is 0 Å². The normalized spacial score (nSPS) is 10.6. The van der Waals surface area contributed by atoms with Gasteiger partial charge in [0, 0.05) is 6.20 Å². The van der Waals surface area contributed by atoms with Crippen LogP contribution in [0.2, 0.25) is 5.02 Å². The molecule has 0 spiro atoms. The molecule has 2 rings (SSSR count). The lowest BCUT2D eigenvalue weighted by Crippen LogP contribution is -1.99. The summed E-state index contributed by atoms with van der Waals surface area (Å²) < 4.78 is 15.1. The zero-order valence-corrected chi connectivity index (χ0v) is 9.96. The Morgan fingerprint density at radius 2 is 2.27 bits per heavy atom. The van der Waals surface area contributed by atoms with Gasteiger partial charge in [0.1, 0.15) is 5.82 Å². The lowest BCUT2D eigenvalue weighted by Gasteiger charge is -2.02. The number of hydrogen-bond acceptors (Lipinski definition) is 1. The van der Waals surface area contributed by atoms with E-state index in [0.29, 0.717) is 16.0 Å². The van der Waals surface area contributed by atoms with Crippen molar-refractivity contribution in [3.8, 4) is 0 Å². The maximum absolute atomic E-state index is 13.0. The van der Waals surface area contributed by atoms with E-state index in [1.54, 1.807) is 29.2 Å². The Hall–Kier alpha value is -0.870. The van der Waals surface area contributed by atoms with Gasteiger partial charge in [-0.2, -0.15) is 5.10 Å². The number of aromatic nitrogens is 2. The van der Waals surface area contributed by atoms with E-state index in [9.17, 15) is 4.39 Å². The summed E-state index contributed by atoms with van der Waals surface area (Å²) in [7, 11) is 0. The van der Waals surface area contributed by atoms with Crippen LogP contribution in [0, 0.1) is 5.82 Å². The van der Waals surface area contributed by atoms with Crippen LogP contribution >= 0.6 is 27.5 Å². The van der Waals surface area contributed by atoms with Crippen molar-refractivity contribution >= 4 is 27.5 Å². The smallest absolute Gasteiger partial charge is 0.137 e. The Morgan fingerprint density at radius 3 is 2.87 bits per heavy atom. The fraction of sp³-hybridized carbons (Fsp3) is 0.100. The fourth-order valence-electron chi connectivity index (χ4n) is 1.25. The van der Waals surface area contributed by atoms with Crippen molar-refractivity contribution in [2.75, 3.05) is 0 Å². The van der Waals surface area contributed by atoms with E-state index in [1.165, 1.54) is 6.07 Å². The van der Waals surface area contributed by atoms with Crippen molar-refractivity contribution in [1.29, 1.82) is 0 Å². The Bertz CT molecular complexity index is 484. The number of nitrogens with zero attached hydrogens (tertiary/aromatic N) is 2. The second kappa shape index (κ2) is 4.33. The van der Waals surface area contributed by atoms with Gasteiger partial charge in [-0.15, -0.1) is 0 Å². The quantitative estimate of drug-likeness (QED) is 0.827. The second-order valence-electron chi connectivity index (χ2n) is 3.10. The molecule has 1 aromatic carbocycles. The molecule has 0 atom stereocenters. The van der Waals surface area contributed by atoms with E-state index >= 15 is 0 Å². The zero-order chi connectivity index (χ0) is 10.8. The number of rotatable bonds is 2. The average molecular weight is 290 g/mol. The number of halogens is 3. The maximum atomic E-state index is 13.0. The van der Waals surface area contributed by atoms with Crippen molar-refractivity contribution in [3.63, 3.8) is 0 Å². The van der Waals surface area contributed by atoms with Crippen LogP contribution < -0.4 is 0 Å². The third kappa shape index (κ3) is 2.58. The highest BCUT2D eigenvalue weighted by atomic mass is 79.9. The molecule has 0 radical (unpaired) electrons. The lowest BCUT2D eigenvalue weighted by atomic mass is 10.2. The highest BCUT2D eigenvalue weighted by Crippen LogP contribution is 2.17. The fourth-order valence-corrected chi connectivity index (χ4v) is 1.83. The van der Waals surface area contributed by atoms with Gasteiger partial charge in [-0.1, -0.05) is 17.7 Å². The van der Waals surface area contributed by atoms with E-state index in [1.807, 2.05) is 0 Å². The monoisotopic (exact) mass is 288 g/mol. The number of benzene rings is 1. The van der Waals surface area contributed by atoms with Crippen molar-refractivity contribution in [3.05, 3.63) is 51.5 Å². The minimum atomic E-state index is -0.266. The van der Waals surface area contributed by atoms with E-state index in [-0.39, 0.29) is 5.82 Å². The topological polar surface area (TPSA) is 17.8 Å². The van der Waals surface area contributed by atoms with E-state index in [2.05, 4.69) is 21.0 Å². The van der Waals surface area contributed by atoms with Crippen LogP contribution in [0.1, 0.15) is 5.56 Å². The molecule has 5 heteroatoms. The van der Waals surface area contributed by atoms with Gasteiger partial charge in [0.2, 0.25) is 0 Å². The molecule has 15 heavy (non-hydrogen) atoms. The molecule has 1 aromatic heterocycles. The molecular weight excluding hydrogens is 282 g/mol. The molecule has 0 bridgehead atoms. The molecular formula is C10H7BrClFN2. The first kappa shape index (κ1) is 10.6. The molecule has 0 saturated carbocycles. The molecule has 0 amide bonds. The Balaban J connectivity index is 2.21. The SMILES string of the molecule is Fc1ccc(Cn2cc(Cl)cn2)cc1Br. The largest absolute Gasteiger partial charge is 0.267 e. The van der Waals surface area contributed by atoms with Crippen LogP contribution in [0.15, 0.2) is 35.1 Å². The molecule has 2 nitrogen and oxygen atoms in total. The molecule has 0 aliphatic heterocycles. The molecule has 1 heterocycles. The van der Waals surface area contributed by atoms with Crippen LogP contribution in [0.3, 0.4) is 0 Å². The van der Waals surface area contributed by atoms with Gasteiger partial charge in [0.15, 0.2) is 0 Å². The standard InChI is InChI=1S/C10H7BrClFN2/c11-9-3-7(1-2-10(9)13)5-15-6-8(12)4-14-15/h1-4,6H,5H2. The van der Waals surface area contributed by atoms with Crippen LogP contribution in [0.4, 0.5) is 4.39 Å².